The van der Waals surface area contributed by atoms with Gasteiger partial charge in [-0.3, -0.25) is 4.99 Å². The molecule has 0 fully saturated rings. The highest BCUT2D eigenvalue weighted by molar-refractivity contribution is 7.89. The zero-order valence-corrected chi connectivity index (χ0v) is 15.4. The van der Waals surface area contributed by atoms with Gasteiger partial charge < -0.3 is 15.4 Å². The van der Waals surface area contributed by atoms with Gasteiger partial charge in [-0.2, -0.15) is 13.2 Å². The number of alkyl halides is 3. The van der Waals surface area contributed by atoms with Crippen molar-refractivity contribution in [3.05, 3.63) is 29.8 Å². The third kappa shape index (κ3) is 8.50. The number of nitrogens with one attached hydrogen (secondary N) is 3. The van der Waals surface area contributed by atoms with Crippen LogP contribution in [0.3, 0.4) is 0 Å². The molecule has 1 aromatic rings. The molecule has 0 aliphatic heterocycles. The lowest BCUT2D eigenvalue weighted by Crippen LogP contribution is -2.38. The average Bonchev–Trinajstić information content (AvgIpc) is 2.57. The summed E-state index contributed by atoms with van der Waals surface area (Å²) in [7, 11) is -0.681. The standard InChI is InChI=1S/C15H23F3N4O3S/c1-19-14(20-8-7-15(16,17)18)21-11-12-3-5-13(6-4-12)26(23,24)22-9-10-25-2/h3-6,22H,7-11H2,1-2H3,(H2,19,20,21). The number of aliphatic imine (C=N–C) groups is 1. The zero-order chi connectivity index (χ0) is 19.6. The number of guanidine groups is 1. The molecule has 1 aromatic carbocycles. The van der Waals surface area contributed by atoms with Crippen LogP contribution in [0.5, 0.6) is 0 Å². The van der Waals surface area contributed by atoms with Crippen molar-refractivity contribution < 1.29 is 26.3 Å². The van der Waals surface area contributed by atoms with E-state index in [0.29, 0.717) is 0 Å². The molecule has 0 saturated heterocycles. The van der Waals surface area contributed by atoms with E-state index in [4.69, 9.17) is 4.74 Å². The normalized spacial score (nSPS) is 12.9. The van der Waals surface area contributed by atoms with Crippen LogP contribution < -0.4 is 15.4 Å². The number of hydrogen-bond acceptors (Lipinski definition) is 4. The van der Waals surface area contributed by atoms with Gasteiger partial charge in [-0.1, -0.05) is 12.1 Å². The molecule has 0 heterocycles. The van der Waals surface area contributed by atoms with Crippen molar-refractivity contribution in [2.24, 2.45) is 4.99 Å². The second-order valence-electron chi connectivity index (χ2n) is 5.25. The van der Waals surface area contributed by atoms with Crippen LogP contribution in [0.15, 0.2) is 34.2 Å². The van der Waals surface area contributed by atoms with E-state index < -0.39 is 22.6 Å². The summed E-state index contributed by atoms with van der Waals surface area (Å²) in [6.45, 7) is 0.431. The first kappa shape index (κ1) is 22.2. The molecule has 0 amide bonds. The molecule has 0 radical (unpaired) electrons. The number of rotatable bonds is 9. The molecule has 0 aliphatic carbocycles. The van der Waals surface area contributed by atoms with E-state index in [-0.39, 0.29) is 37.1 Å². The van der Waals surface area contributed by atoms with E-state index in [2.05, 4.69) is 20.3 Å². The van der Waals surface area contributed by atoms with Gasteiger partial charge in [0.25, 0.3) is 0 Å². The van der Waals surface area contributed by atoms with Crippen molar-refractivity contribution in [3.63, 3.8) is 0 Å². The van der Waals surface area contributed by atoms with Gasteiger partial charge in [0.05, 0.1) is 17.9 Å². The highest BCUT2D eigenvalue weighted by Crippen LogP contribution is 2.18. The molecular weight excluding hydrogens is 373 g/mol. The molecule has 0 atom stereocenters. The van der Waals surface area contributed by atoms with Crippen molar-refractivity contribution in [1.29, 1.82) is 0 Å². The summed E-state index contributed by atoms with van der Waals surface area (Å²) in [5.41, 5.74) is 0.750. The molecule has 0 aliphatic rings. The Hall–Kier alpha value is -1.85. The maximum absolute atomic E-state index is 12.1. The highest BCUT2D eigenvalue weighted by atomic mass is 32.2. The van der Waals surface area contributed by atoms with Gasteiger partial charge in [0.15, 0.2) is 5.96 Å². The molecule has 148 valence electrons. The quantitative estimate of drug-likeness (QED) is 0.332. The summed E-state index contributed by atoms with van der Waals surface area (Å²) in [5, 5.41) is 5.42. The second-order valence-corrected chi connectivity index (χ2v) is 7.02. The lowest BCUT2D eigenvalue weighted by molar-refractivity contribution is -0.132. The maximum atomic E-state index is 12.1. The van der Waals surface area contributed by atoms with Gasteiger partial charge in [0, 0.05) is 33.8 Å². The number of benzene rings is 1. The first-order chi connectivity index (χ1) is 12.2. The van der Waals surface area contributed by atoms with Gasteiger partial charge in [-0.05, 0) is 17.7 Å². The van der Waals surface area contributed by atoms with Crippen molar-refractivity contribution in [1.82, 2.24) is 15.4 Å². The molecule has 11 heteroatoms. The fraction of sp³-hybridized carbons (Fsp3) is 0.533. The van der Waals surface area contributed by atoms with E-state index in [1.165, 1.54) is 26.3 Å². The van der Waals surface area contributed by atoms with E-state index in [9.17, 15) is 21.6 Å². The van der Waals surface area contributed by atoms with Crippen molar-refractivity contribution in [2.45, 2.75) is 24.0 Å². The molecule has 0 saturated carbocycles. The number of halogens is 3. The third-order valence-electron chi connectivity index (χ3n) is 3.22. The second kappa shape index (κ2) is 10.3. The van der Waals surface area contributed by atoms with Crippen LogP contribution in [0.2, 0.25) is 0 Å². The first-order valence-corrected chi connectivity index (χ1v) is 9.25. The highest BCUT2D eigenvalue weighted by Gasteiger charge is 2.26. The molecule has 0 unspecified atom stereocenters. The van der Waals surface area contributed by atoms with Gasteiger partial charge in [0.2, 0.25) is 10.0 Å². The minimum Gasteiger partial charge on any atom is -0.383 e. The van der Waals surface area contributed by atoms with Crippen LogP contribution in [0.4, 0.5) is 13.2 Å². The van der Waals surface area contributed by atoms with Gasteiger partial charge in [-0.15, -0.1) is 0 Å². The Balaban J connectivity index is 2.53. The lowest BCUT2D eigenvalue weighted by Gasteiger charge is -2.13. The van der Waals surface area contributed by atoms with Crippen LogP contribution in [-0.4, -0.2) is 54.4 Å². The Kier molecular flexibility index (Phi) is 8.82. The number of ether oxygens (including phenoxy) is 1. The lowest BCUT2D eigenvalue weighted by atomic mass is 10.2. The van der Waals surface area contributed by atoms with Crippen LogP contribution in [0, 0.1) is 0 Å². The molecule has 0 spiro atoms. The molecule has 7 nitrogen and oxygen atoms in total. The summed E-state index contributed by atoms with van der Waals surface area (Å²) < 4.78 is 67.6. The summed E-state index contributed by atoms with van der Waals surface area (Å²) >= 11 is 0. The average molecular weight is 396 g/mol. The van der Waals surface area contributed by atoms with Gasteiger partial charge in [0.1, 0.15) is 0 Å². The number of nitrogens with zero attached hydrogens (tertiary/aromatic N) is 1. The van der Waals surface area contributed by atoms with Crippen LogP contribution in [0.25, 0.3) is 0 Å². The summed E-state index contributed by atoms with van der Waals surface area (Å²) in [5.74, 6) is 0.229. The van der Waals surface area contributed by atoms with Gasteiger partial charge >= 0.3 is 6.18 Å². The van der Waals surface area contributed by atoms with E-state index in [0.717, 1.165) is 5.56 Å². The fourth-order valence-electron chi connectivity index (χ4n) is 1.88. The van der Waals surface area contributed by atoms with Crippen LogP contribution >= 0.6 is 0 Å². The Labute approximate surface area is 151 Å². The minimum absolute atomic E-state index is 0.116. The van der Waals surface area contributed by atoms with E-state index in [1.54, 1.807) is 12.1 Å². The molecule has 0 bridgehead atoms. The number of hydrogen-bond donors (Lipinski definition) is 3. The third-order valence-corrected chi connectivity index (χ3v) is 4.69. The molecule has 3 N–H and O–H groups in total. The smallest absolute Gasteiger partial charge is 0.383 e. The van der Waals surface area contributed by atoms with Crippen LogP contribution in [-0.2, 0) is 21.3 Å². The Morgan fingerprint density at radius 1 is 1.15 bits per heavy atom. The maximum Gasteiger partial charge on any atom is 0.390 e. The molecule has 26 heavy (non-hydrogen) atoms. The summed E-state index contributed by atoms with van der Waals surface area (Å²) in [4.78, 5) is 3.95. The Morgan fingerprint density at radius 3 is 2.35 bits per heavy atom. The fourth-order valence-corrected chi connectivity index (χ4v) is 2.89. The number of methoxy groups -OCH3 is 1. The molecule has 1 rings (SSSR count). The Bertz CT molecular complexity index is 676. The monoisotopic (exact) mass is 396 g/mol. The summed E-state index contributed by atoms with van der Waals surface area (Å²) in [6.07, 6.45) is -5.19. The van der Waals surface area contributed by atoms with Crippen molar-refractivity contribution in [2.75, 3.05) is 33.9 Å². The largest absolute Gasteiger partial charge is 0.390 e. The molecule has 0 aromatic heterocycles. The number of sulfonamides is 1. The van der Waals surface area contributed by atoms with E-state index in [1.807, 2.05) is 0 Å². The van der Waals surface area contributed by atoms with Crippen molar-refractivity contribution >= 4 is 16.0 Å². The van der Waals surface area contributed by atoms with E-state index >= 15 is 0 Å². The minimum atomic E-state index is -4.23. The predicted octanol–water partition coefficient (Wildman–Crippen LogP) is 1.23. The molecular formula is C15H23F3N4O3S. The topological polar surface area (TPSA) is 91.8 Å². The van der Waals surface area contributed by atoms with Crippen LogP contribution in [0.1, 0.15) is 12.0 Å². The first-order valence-electron chi connectivity index (χ1n) is 7.77. The SMILES string of the molecule is CN=C(NCCC(F)(F)F)NCc1ccc(S(=O)(=O)NCCOC)cc1. The predicted molar refractivity (Wildman–Crippen MR) is 92.4 cm³/mol. The summed E-state index contributed by atoms with van der Waals surface area (Å²) in [6, 6.07) is 6.12. The Morgan fingerprint density at radius 2 is 1.81 bits per heavy atom. The van der Waals surface area contributed by atoms with Gasteiger partial charge in [-0.25, -0.2) is 13.1 Å². The zero-order valence-electron chi connectivity index (χ0n) is 14.6. The van der Waals surface area contributed by atoms with Crippen molar-refractivity contribution in [3.8, 4) is 0 Å².